The summed E-state index contributed by atoms with van der Waals surface area (Å²) in [5.74, 6) is 0.722. The first kappa shape index (κ1) is 11.1. The molecular formula is C13H14N2O3. The van der Waals surface area contributed by atoms with Gasteiger partial charge in [-0.15, -0.1) is 0 Å². The Bertz CT molecular complexity index is 614. The van der Waals surface area contributed by atoms with E-state index in [9.17, 15) is 4.79 Å². The van der Waals surface area contributed by atoms with Gasteiger partial charge in [0.25, 0.3) is 0 Å². The second-order valence-electron chi connectivity index (χ2n) is 4.38. The highest BCUT2D eigenvalue weighted by Crippen LogP contribution is 2.39. The molecule has 0 bridgehead atoms. The molecule has 0 unspecified atom stereocenters. The van der Waals surface area contributed by atoms with Gasteiger partial charge in [0.2, 0.25) is 5.82 Å². The lowest BCUT2D eigenvalue weighted by Gasteiger charge is -2.05. The summed E-state index contributed by atoms with van der Waals surface area (Å²) in [6.45, 7) is 0. The molecule has 0 atom stereocenters. The molecule has 5 heteroatoms. The van der Waals surface area contributed by atoms with Gasteiger partial charge in [-0.05, 0) is 25.0 Å². The predicted molar refractivity (Wildman–Crippen MR) is 65.9 cm³/mol. The maximum atomic E-state index is 11.8. The van der Waals surface area contributed by atoms with Gasteiger partial charge in [0, 0.05) is 12.1 Å². The molecule has 0 aliphatic heterocycles. The number of imidazole rings is 1. The summed E-state index contributed by atoms with van der Waals surface area (Å²) in [6.07, 6.45) is 2.17. The molecular weight excluding hydrogens is 232 g/mol. The van der Waals surface area contributed by atoms with Crippen molar-refractivity contribution in [3.8, 4) is 5.75 Å². The van der Waals surface area contributed by atoms with Crippen molar-refractivity contribution in [2.24, 2.45) is 0 Å². The molecule has 3 rings (SSSR count). The highest BCUT2D eigenvalue weighted by molar-refractivity contribution is 5.91. The van der Waals surface area contributed by atoms with Gasteiger partial charge in [-0.25, -0.2) is 9.78 Å². The van der Waals surface area contributed by atoms with E-state index in [-0.39, 0.29) is 0 Å². The Kier molecular flexibility index (Phi) is 2.47. The number of hydrogen-bond donors (Lipinski definition) is 0. The van der Waals surface area contributed by atoms with Crippen molar-refractivity contribution >= 4 is 17.0 Å². The van der Waals surface area contributed by atoms with Crippen LogP contribution in [0.4, 0.5) is 0 Å². The van der Waals surface area contributed by atoms with Crippen LogP contribution in [-0.2, 0) is 4.74 Å². The third-order valence-corrected chi connectivity index (χ3v) is 3.18. The maximum absolute atomic E-state index is 11.8. The van der Waals surface area contributed by atoms with E-state index in [1.807, 2.05) is 22.8 Å². The number of carbonyl (C=O) groups is 1. The summed E-state index contributed by atoms with van der Waals surface area (Å²) in [6, 6.07) is 6.02. The number of carbonyl (C=O) groups excluding carboxylic acids is 1. The highest BCUT2D eigenvalue weighted by Gasteiger charge is 2.31. The molecule has 0 radical (unpaired) electrons. The van der Waals surface area contributed by atoms with E-state index in [4.69, 9.17) is 9.47 Å². The molecule has 18 heavy (non-hydrogen) atoms. The van der Waals surface area contributed by atoms with Crippen LogP contribution in [0, 0.1) is 0 Å². The van der Waals surface area contributed by atoms with Crippen molar-refractivity contribution in [3.63, 3.8) is 0 Å². The summed E-state index contributed by atoms with van der Waals surface area (Å²) < 4.78 is 11.9. The zero-order valence-electron chi connectivity index (χ0n) is 10.3. The van der Waals surface area contributed by atoms with Crippen molar-refractivity contribution in [1.29, 1.82) is 0 Å². The summed E-state index contributed by atoms with van der Waals surface area (Å²) in [7, 11) is 2.99. The van der Waals surface area contributed by atoms with Crippen molar-refractivity contribution < 1.29 is 14.3 Å². The van der Waals surface area contributed by atoms with Gasteiger partial charge in [-0.3, -0.25) is 0 Å². The maximum Gasteiger partial charge on any atom is 0.374 e. The van der Waals surface area contributed by atoms with Crippen LogP contribution in [0.2, 0.25) is 0 Å². The van der Waals surface area contributed by atoms with Crippen LogP contribution in [0.1, 0.15) is 29.5 Å². The van der Waals surface area contributed by atoms with Gasteiger partial charge in [-0.2, -0.15) is 0 Å². The number of esters is 1. The molecule has 1 saturated carbocycles. The Hall–Kier alpha value is -2.04. The predicted octanol–water partition coefficient (Wildman–Crippen LogP) is 2.17. The average molecular weight is 246 g/mol. The lowest BCUT2D eigenvalue weighted by Crippen LogP contribution is -2.10. The van der Waals surface area contributed by atoms with E-state index in [0.29, 0.717) is 11.9 Å². The minimum absolute atomic E-state index is 0.373. The van der Waals surface area contributed by atoms with Crippen molar-refractivity contribution in [2.45, 2.75) is 18.9 Å². The summed E-state index contributed by atoms with van der Waals surface area (Å²) >= 11 is 0. The Morgan fingerprint density at radius 2 is 2.17 bits per heavy atom. The van der Waals surface area contributed by atoms with Crippen LogP contribution in [0.25, 0.3) is 11.0 Å². The fourth-order valence-electron chi connectivity index (χ4n) is 2.14. The number of hydrogen-bond acceptors (Lipinski definition) is 4. The Morgan fingerprint density at radius 1 is 1.39 bits per heavy atom. The summed E-state index contributed by atoms with van der Waals surface area (Å²) in [5, 5.41) is 0. The minimum atomic E-state index is -0.392. The lowest BCUT2D eigenvalue weighted by molar-refractivity contribution is 0.0581. The van der Waals surface area contributed by atoms with Gasteiger partial charge < -0.3 is 14.0 Å². The molecule has 1 fully saturated rings. The van der Waals surface area contributed by atoms with E-state index in [0.717, 1.165) is 29.6 Å². The molecule has 1 aliphatic rings. The fourth-order valence-corrected chi connectivity index (χ4v) is 2.14. The number of methoxy groups -OCH3 is 2. The quantitative estimate of drug-likeness (QED) is 0.779. The Balaban J connectivity index is 2.21. The van der Waals surface area contributed by atoms with Crippen molar-refractivity contribution in [3.05, 3.63) is 24.0 Å². The first-order chi connectivity index (χ1) is 8.74. The summed E-state index contributed by atoms with van der Waals surface area (Å²) in [5.41, 5.74) is 1.72. The van der Waals surface area contributed by atoms with E-state index in [1.165, 1.54) is 7.11 Å². The van der Waals surface area contributed by atoms with E-state index in [1.54, 1.807) is 7.11 Å². The number of ether oxygens (including phenoxy) is 2. The SMILES string of the molecule is COC(=O)c1nc2cc(OC)ccc2n1C1CC1. The van der Waals surface area contributed by atoms with E-state index >= 15 is 0 Å². The van der Waals surface area contributed by atoms with Gasteiger partial charge in [-0.1, -0.05) is 0 Å². The molecule has 94 valence electrons. The second-order valence-corrected chi connectivity index (χ2v) is 4.38. The molecule has 0 amide bonds. The third-order valence-electron chi connectivity index (χ3n) is 3.18. The standard InChI is InChI=1S/C13H14N2O3/c1-17-9-5-6-11-10(7-9)14-12(13(16)18-2)15(11)8-3-4-8/h5-8H,3-4H2,1-2H3. The molecule has 0 spiro atoms. The van der Waals surface area contributed by atoms with Gasteiger partial charge >= 0.3 is 5.97 Å². The van der Waals surface area contributed by atoms with Crippen molar-refractivity contribution in [2.75, 3.05) is 14.2 Å². The number of nitrogens with zero attached hydrogens (tertiary/aromatic N) is 2. The van der Waals surface area contributed by atoms with Gasteiger partial charge in [0.15, 0.2) is 0 Å². The van der Waals surface area contributed by atoms with Crippen LogP contribution in [0.3, 0.4) is 0 Å². The first-order valence-electron chi connectivity index (χ1n) is 5.89. The third kappa shape index (κ3) is 1.63. The normalized spacial score (nSPS) is 14.8. The zero-order chi connectivity index (χ0) is 12.7. The molecule has 1 aromatic carbocycles. The minimum Gasteiger partial charge on any atom is -0.497 e. The van der Waals surface area contributed by atoms with Crippen LogP contribution in [0.15, 0.2) is 18.2 Å². The monoisotopic (exact) mass is 246 g/mol. The molecule has 5 nitrogen and oxygen atoms in total. The largest absolute Gasteiger partial charge is 0.497 e. The lowest BCUT2D eigenvalue weighted by atomic mass is 10.3. The molecule has 1 aromatic heterocycles. The summed E-state index contributed by atoms with van der Waals surface area (Å²) in [4.78, 5) is 16.1. The van der Waals surface area contributed by atoms with Crippen LogP contribution >= 0.6 is 0 Å². The Morgan fingerprint density at radius 3 is 2.78 bits per heavy atom. The highest BCUT2D eigenvalue weighted by atomic mass is 16.5. The van der Waals surface area contributed by atoms with Crippen LogP contribution in [-0.4, -0.2) is 29.7 Å². The van der Waals surface area contributed by atoms with Crippen molar-refractivity contribution in [1.82, 2.24) is 9.55 Å². The van der Waals surface area contributed by atoms with E-state index in [2.05, 4.69) is 4.98 Å². The number of rotatable bonds is 3. The van der Waals surface area contributed by atoms with Crippen LogP contribution < -0.4 is 4.74 Å². The van der Waals surface area contributed by atoms with E-state index < -0.39 is 5.97 Å². The number of fused-ring (bicyclic) bond motifs is 1. The molecule has 0 N–H and O–H groups in total. The molecule has 1 aliphatic carbocycles. The van der Waals surface area contributed by atoms with Crippen LogP contribution in [0.5, 0.6) is 5.75 Å². The number of benzene rings is 1. The Labute approximate surface area is 104 Å². The average Bonchev–Trinajstić information content (AvgIpc) is 3.17. The topological polar surface area (TPSA) is 53.4 Å². The number of aromatic nitrogens is 2. The molecule has 2 aromatic rings. The zero-order valence-corrected chi connectivity index (χ0v) is 10.3. The first-order valence-corrected chi connectivity index (χ1v) is 5.89. The van der Waals surface area contributed by atoms with Gasteiger partial charge in [0.1, 0.15) is 5.75 Å². The fraction of sp³-hybridized carbons (Fsp3) is 0.385. The molecule has 0 saturated heterocycles. The second kappa shape index (κ2) is 4.01. The molecule has 1 heterocycles. The van der Waals surface area contributed by atoms with Gasteiger partial charge in [0.05, 0.1) is 25.3 Å². The smallest absolute Gasteiger partial charge is 0.374 e.